The van der Waals surface area contributed by atoms with Gasteiger partial charge in [-0.15, -0.1) is 10.2 Å². The molecule has 0 fully saturated rings. The Morgan fingerprint density at radius 2 is 2.26 bits per heavy atom. The van der Waals surface area contributed by atoms with E-state index in [1.54, 1.807) is 12.1 Å². The number of nitrogens with zero attached hydrogens (tertiary/aromatic N) is 4. The van der Waals surface area contributed by atoms with E-state index in [0.29, 0.717) is 5.39 Å². The summed E-state index contributed by atoms with van der Waals surface area (Å²) in [5, 5.41) is 13.4. The lowest BCUT2D eigenvalue weighted by atomic mass is 10.2. The van der Waals surface area contributed by atoms with Crippen LogP contribution in [-0.2, 0) is 4.79 Å². The molecule has 0 bridgehead atoms. The summed E-state index contributed by atoms with van der Waals surface area (Å²) in [6, 6.07) is 5.96. The van der Waals surface area contributed by atoms with Crippen LogP contribution in [0.15, 0.2) is 38.5 Å². The average Bonchev–Trinajstić information content (AvgIpc) is 2.94. The standard InChI is InChI=1S/C11H5N5O3/c17-5-12-7-3-1-2-6-8(18)4-9(19-10(6)7)11-13-15-16-14-11/h1-4H,(H,13,14,15,16). The van der Waals surface area contributed by atoms with Crippen molar-refractivity contribution in [2.24, 2.45) is 4.99 Å². The molecule has 2 heterocycles. The Morgan fingerprint density at radius 1 is 1.37 bits per heavy atom. The van der Waals surface area contributed by atoms with E-state index in [0.717, 1.165) is 0 Å². The summed E-state index contributed by atoms with van der Waals surface area (Å²) in [5.41, 5.74) is 0.108. The number of fused-ring (bicyclic) bond motifs is 1. The SMILES string of the molecule is O=C=Nc1cccc2c(=O)cc(-c3nn[nH]n3)oc12. The van der Waals surface area contributed by atoms with Crippen LogP contribution >= 0.6 is 0 Å². The average molecular weight is 255 g/mol. The monoisotopic (exact) mass is 255 g/mol. The second-order valence-electron chi connectivity index (χ2n) is 3.57. The summed E-state index contributed by atoms with van der Waals surface area (Å²) in [6.45, 7) is 0. The van der Waals surface area contributed by atoms with Gasteiger partial charge < -0.3 is 4.42 Å². The number of tetrazole rings is 1. The van der Waals surface area contributed by atoms with E-state index in [2.05, 4.69) is 25.6 Å². The van der Waals surface area contributed by atoms with Gasteiger partial charge in [-0.3, -0.25) is 4.79 Å². The van der Waals surface area contributed by atoms with Crippen LogP contribution < -0.4 is 5.43 Å². The molecule has 1 N–H and O–H groups in total. The van der Waals surface area contributed by atoms with Crippen molar-refractivity contribution in [1.82, 2.24) is 20.6 Å². The number of aromatic amines is 1. The third-order valence-electron chi connectivity index (χ3n) is 2.47. The minimum atomic E-state index is -0.288. The molecular formula is C11H5N5O3. The summed E-state index contributed by atoms with van der Waals surface area (Å²) in [4.78, 5) is 25.8. The first-order valence-corrected chi connectivity index (χ1v) is 5.18. The van der Waals surface area contributed by atoms with E-state index in [9.17, 15) is 9.59 Å². The van der Waals surface area contributed by atoms with Crippen LogP contribution in [0.5, 0.6) is 0 Å². The molecule has 0 aliphatic heterocycles. The molecule has 0 saturated heterocycles. The summed E-state index contributed by atoms with van der Waals surface area (Å²) in [5.74, 6) is 0.281. The van der Waals surface area contributed by atoms with Crippen molar-refractivity contribution < 1.29 is 9.21 Å². The van der Waals surface area contributed by atoms with Crippen LogP contribution in [-0.4, -0.2) is 26.7 Å². The Bertz CT molecular complexity index is 846. The zero-order chi connectivity index (χ0) is 13.2. The molecule has 8 nitrogen and oxygen atoms in total. The zero-order valence-corrected chi connectivity index (χ0v) is 9.32. The molecule has 19 heavy (non-hydrogen) atoms. The van der Waals surface area contributed by atoms with Gasteiger partial charge >= 0.3 is 0 Å². The van der Waals surface area contributed by atoms with Crippen molar-refractivity contribution >= 4 is 22.7 Å². The maximum Gasteiger partial charge on any atom is 0.240 e. The van der Waals surface area contributed by atoms with Gasteiger partial charge in [0.25, 0.3) is 0 Å². The maximum atomic E-state index is 12.0. The minimum absolute atomic E-state index is 0.139. The first-order chi connectivity index (χ1) is 9.29. The number of benzene rings is 1. The molecule has 1 aromatic carbocycles. The van der Waals surface area contributed by atoms with Gasteiger partial charge in [0.2, 0.25) is 11.9 Å². The largest absolute Gasteiger partial charge is 0.450 e. The molecule has 0 aliphatic carbocycles. The number of carbonyl (C=O) groups excluding carboxylic acids is 1. The van der Waals surface area contributed by atoms with E-state index in [-0.39, 0.29) is 28.3 Å². The zero-order valence-electron chi connectivity index (χ0n) is 9.32. The third-order valence-corrected chi connectivity index (χ3v) is 2.47. The molecule has 0 saturated carbocycles. The highest BCUT2D eigenvalue weighted by Crippen LogP contribution is 2.26. The predicted molar refractivity (Wildman–Crippen MR) is 63.4 cm³/mol. The van der Waals surface area contributed by atoms with Crippen molar-refractivity contribution in [2.75, 3.05) is 0 Å². The fourth-order valence-electron chi connectivity index (χ4n) is 1.68. The van der Waals surface area contributed by atoms with Gasteiger partial charge in [-0.2, -0.15) is 10.2 Å². The van der Waals surface area contributed by atoms with E-state index < -0.39 is 0 Å². The van der Waals surface area contributed by atoms with Crippen molar-refractivity contribution in [2.45, 2.75) is 0 Å². The highest BCUT2D eigenvalue weighted by atomic mass is 16.3. The molecule has 3 aromatic rings. The van der Waals surface area contributed by atoms with E-state index in [1.165, 1.54) is 18.2 Å². The van der Waals surface area contributed by atoms with E-state index >= 15 is 0 Å². The van der Waals surface area contributed by atoms with Crippen LogP contribution in [0.25, 0.3) is 22.6 Å². The van der Waals surface area contributed by atoms with Crippen LogP contribution in [0, 0.1) is 0 Å². The lowest BCUT2D eigenvalue weighted by Crippen LogP contribution is -2.00. The van der Waals surface area contributed by atoms with Crippen LogP contribution in [0.2, 0.25) is 0 Å². The molecule has 0 unspecified atom stereocenters. The number of isocyanates is 1. The highest BCUT2D eigenvalue weighted by Gasteiger charge is 2.12. The fraction of sp³-hybridized carbons (Fsp3) is 0. The second kappa shape index (κ2) is 4.28. The van der Waals surface area contributed by atoms with Crippen molar-refractivity contribution in [1.29, 1.82) is 0 Å². The Kier molecular flexibility index (Phi) is 2.48. The van der Waals surface area contributed by atoms with Gasteiger partial charge in [0.1, 0.15) is 5.69 Å². The summed E-state index contributed by atoms with van der Waals surface area (Å²) < 4.78 is 5.51. The van der Waals surface area contributed by atoms with Gasteiger partial charge in [0, 0.05) is 6.07 Å². The lowest BCUT2D eigenvalue weighted by molar-refractivity contribution is 0.565. The van der Waals surface area contributed by atoms with E-state index in [1.807, 2.05) is 0 Å². The van der Waals surface area contributed by atoms with Crippen LogP contribution in [0.3, 0.4) is 0 Å². The van der Waals surface area contributed by atoms with Crippen molar-refractivity contribution in [3.8, 4) is 11.6 Å². The fourth-order valence-corrected chi connectivity index (χ4v) is 1.68. The molecule has 0 atom stereocenters. The minimum Gasteiger partial charge on any atom is -0.450 e. The number of H-pyrrole nitrogens is 1. The molecule has 2 aromatic heterocycles. The predicted octanol–water partition coefficient (Wildman–Crippen LogP) is 0.940. The van der Waals surface area contributed by atoms with Gasteiger partial charge in [-0.05, 0) is 17.3 Å². The number of hydrogen-bond acceptors (Lipinski definition) is 7. The molecular weight excluding hydrogens is 250 g/mol. The van der Waals surface area contributed by atoms with Crippen LogP contribution in [0.4, 0.5) is 5.69 Å². The lowest BCUT2D eigenvalue weighted by Gasteiger charge is -2.01. The van der Waals surface area contributed by atoms with Gasteiger partial charge in [-0.25, -0.2) is 4.79 Å². The normalized spacial score (nSPS) is 10.3. The molecule has 0 radical (unpaired) electrons. The molecule has 92 valence electrons. The number of nitrogens with one attached hydrogen (secondary N) is 1. The van der Waals surface area contributed by atoms with Gasteiger partial charge in [-0.1, -0.05) is 6.07 Å². The Labute approximate surface area is 104 Å². The molecule has 0 amide bonds. The third kappa shape index (κ3) is 1.81. The topological polar surface area (TPSA) is 114 Å². The molecule has 8 heteroatoms. The molecule has 0 spiro atoms. The number of rotatable bonds is 2. The number of aromatic nitrogens is 4. The van der Waals surface area contributed by atoms with Crippen molar-refractivity contribution in [3.05, 3.63) is 34.5 Å². The van der Waals surface area contributed by atoms with Crippen molar-refractivity contribution in [3.63, 3.8) is 0 Å². The summed E-state index contributed by atoms with van der Waals surface area (Å²) >= 11 is 0. The van der Waals surface area contributed by atoms with Gasteiger partial charge in [0.05, 0.1) is 5.39 Å². The molecule has 3 rings (SSSR count). The van der Waals surface area contributed by atoms with Gasteiger partial charge in [0.15, 0.2) is 16.8 Å². The number of para-hydroxylation sites is 1. The Balaban J connectivity index is 2.38. The van der Waals surface area contributed by atoms with E-state index in [4.69, 9.17) is 4.42 Å². The number of aliphatic imine (C=N–C) groups is 1. The highest BCUT2D eigenvalue weighted by molar-refractivity contribution is 5.88. The Hall–Kier alpha value is -3.12. The molecule has 0 aliphatic rings. The smallest absolute Gasteiger partial charge is 0.240 e. The maximum absolute atomic E-state index is 12.0. The quantitative estimate of drug-likeness (QED) is 0.538. The first-order valence-electron chi connectivity index (χ1n) is 5.18. The van der Waals surface area contributed by atoms with Crippen LogP contribution in [0.1, 0.15) is 0 Å². The first kappa shape index (κ1) is 11.0. The Morgan fingerprint density at radius 3 is 3.00 bits per heavy atom. The summed E-state index contributed by atoms with van der Waals surface area (Å²) in [6.07, 6.45) is 1.41. The number of hydrogen-bond donors (Lipinski definition) is 1. The second-order valence-corrected chi connectivity index (χ2v) is 3.57. The summed E-state index contributed by atoms with van der Waals surface area (Å²) in [7, 11) is 0.